The minimum absolute atomic E-state index is 0.411. The van der Waals surface area contributed by atoms with E-state index in [1.54, 1.807) is 0 Å². The standard InChI is InChI=1S/C11H16N2O2S/c1-7-13-11(9(16-7)10(12)14)15-6-5-8-3-2-4-8/h8H,2-6H2,1H3,(H2,12,14). The van der Waals surface area contributed by atoms with Crippen LogP contribution in [0.4, 0.5) is 0 Å². The molecule has 1 aromatic heterocycles. The molecule has 0 spiro atoms. The zero-order valence-corrected chi connectivity index (χ0v) is 10.2. The fraction of sp³-hybridized carbons (Fsp3) is 0.636. The maximum atomic E-state index is 11.1. The Hall–Kier alpha value is -1.10. The van der Waals surface area contributed by atoms with Crippen molar-refractivity contribution in [3.63, 3.8) is 0 Å². The molecule has 0 aromatic carbocycles. The second kappa shape index (κ2) is 4.82. The molecule has 0 bridgehead atoms. The van der Waals surface area contributed by atoms with E-state index in [2.05, 4.69) is 4.98 Å². The number of hydrogen-bond acceptors (Lipinski definition) is 4. The quantitative estimate of drug-likeness (QED) is 0.857. The van der Waals surface area contributed by atoms with Gasteiger partial charge in [0, 0.05) is 0 Å². The number of primary amides is 1. The van der Waals surface area contributed by atoms with Crippen LogP contribution in [-0.2, 0) is 0 Å². The Bertz CT molecular complexity index is 385. The molecule has 2 N–H and O–H groups in total. The summed E-state index contributed by atoms with van der Waals surface area (Å²) in [5.74, 6) is 0.760. The van der Waals surface area contributed by atoms with Gasteiger partial charge in [0.2, 0.25) is 5.88 Å². The number of hydrogen-bond donors (Lipinski definition) is 1. The van der Waals surface area contributed by atoms with Crippen LogP contribution in [0.5, 0.6) is 5.88 Å². The topological polar surface area (TPSA) is 65.2 Å². The maximum absolute atomic E-state index is 11.1. The minimum Gasteiger partial charge on any atom is -0.476 e. The van der Waals surface area contributed by atoms with E-state index in [0.717, 1.165) is 17.3 Å². The molecule has 1 saturated carbocycles. The van der Waals surface area contributed by atoms with Gasteiger partial charge in [0.25, 0.3) is 5.91 Å². The van der Waals surface area contributed by atoms with Gasteiger partial charge in [-0.25, -0.2) is 4.98 Å². The van der Waals surface area contributed by atoms with Crippen LogP contribution in [0.1, 0.15) is 40.4 Å². The molecule has 0 aliphatic heterocycles. The minimum atomic E-state index is -0.454. The van der Waals surface area contributed by atoms with Crippen LogP contribution in [0.15, 0.2) is 0 Å². The number of thiazole rings is 1. The summed E-state index contributed by atoms with van der Waals surface area (Å²) in [6, 6.07) is 0. The second-order valence-electron chi connectivity index (χ2n) is 4.17. The lowest BCUT2D eigenvalue weighted by Crippen LogP contribution is -2.16. The van der Waals surface area contributed by atoms with E-state index in [9.17, 15) is 4.79 Å². The zero-order chi connectivity index (χ0) is 11.5. The number of nitrogens with two attached hydrogens (primary N) is 1. The summed E-state index contributed by atoms with van der Waals surface area (Å²) in [5.41, 5.74) is 5.25. The molecule has 1 heterocycles. The van der Waals surface area contributed by atoms with Crippen LogP contribution in [0.25, 0.3) is 0 Å². The van der Waals surface area contributed by atoms with Crippen LogP contribution in [0.3, 0.4) is 0 Å². The molecule has 5 heteroatoms. The van der Waals surface area contributed by atoms with Gasteiger partial charge in [-0.05, 0) is 19.3 Å². The molecular weight excluding hydrogens is 224 g/mol. The summed E-state index contributed by atoms with van der Waals surface area (Å²) in [4.78, 5) is 15.7. The van der Waals surface area contributed by atoms with Gasteiger partial charge >= 0.3 is 0 Å². The molecule has 0 unspecified atom stereocenters. The number of amides is 1. The van der Waals surface area contributed by atoms with Crippen molar-refractivity contribution < 1.29 is 9.53 Å². The molecule has 1 aromatic rings. The number of rotatable bonds is 5. The fourth-order valence-electron chi connectivity index (χ4n) is 1.77. The third-order valence-electron chi connectivity index (χ3n) is 2.92. The fourth-order valence-corrected chi connectivity index (χ4v) is 2.48. The Balaban J connectivity index is 1.89. The summed E-state index contributed by atoms with van der Waals surface area (Å²) in [6.07, 6.45) is 5.01. The highest BCUT2D eigenvalue weighted by molar-refractivity contribution is 7.13. The molecule has 1 aliphatic carbocycles. The van der Waals surface area contributed by atoms with Crippen molar-refractivity contribution in [3.05, 3.63) is 9.88 Å². The van der Waals surface area contributed by atoms with Gasteiger partial charge in [0.1, 0.15) is 0 Å². The van der Waals surface area contributed by atoms with Crippen LogP contribution in [-0.4, -0.2) is 17.5 Å². The van der Waals surface area contributed by atoms with Crippen molar-refractivity contribution in [2.75, 3.05) is 6.61 Å². The molecule has 88 valence electrons. The summed E-state index contributed by atoms with van der Waals surface area (Å²) in [5, 5.41) is 0.812. The number of carbonyl (C=O) groups is 1. The molecule has 4 nitrogen and oxygen atoms in total. The Morgan fingerprint density at radius 2 is 2.38 bits per heavy atom. The Morgan fingerprint density at radius 3 is 2.94 bits per heavy atom. The van der Waals surface area contributed by atoms with Crippen molar-refractivity contribution in [3.8, 4) is 5.88 Å². The van der Waals surface area contributed by atoms with Gasteiger partial charge in [-0.15, -0.1) is 11.3 Å². The first-order valence-corrected chi connectivity index (χ1v) is 6.38. The predicted octanol–water partition coefficient (Wildman–Crippen LogP) is 2.12. The van der Waals surface area contributed by atoms with Crippen LogP contribution < -0.4 is 10.5 Å². The molecule has 1 amide bonds. The molecule has 1 fully saturated rings. The number of aromatic nitrogens is 1. The molecule has 16 heavy (non-hydrogen) atoms. The van der Waals surface area contributed by atoms with Crippen molar-refractivity contribution in [2.45, 2.75) is 32.6 Å². The largest absolute Gasteiger partial charge is 0.476 e. The Morgan fingerprint density at radius 1 is 1.62 bits per heavy atom. The lowest BCUT2D eigenvalue weighted by Gasteiger charge is -2.24. The van der Waals surface area contributed by atoms with E-state index in [1.807, 2.05) is 6.92 Å². The summed E-state index contributed by atoms with van der Waals surface area (Å²) >= 11 is 1.29. The zero-order valence-electron chi connectivity index (χ0n) is 9.36. The first-order chi connectivity index (χ1) is 7.66. The third-order valence-corrected chi connectivity index (χ3v) is 3.88. The van der Waals surface area contributed by atoms with Crippen molar-refractivity contribution in [1.29, 1.82) is 0 Å². The molecule has 0 saturated heterocycles. The van der Waals surface area contributed by atoms with Gasteiger partial charge in [0.15, 0.2) is 4.88 Å². The Kier molecular flexibility index (Phi) is 3.43. The van der Waals surface area contributed by atoms with E-state index in [-0.39, 0.29) is 0 Å². The van der Waals surface area contributed by atoms with Crippen molar-refractivity contribution >= 4 is 17.2 Å². The SMILES string of the molecule is Cc1nc(OCCC2CCC2)c(C(N)=O)s1. The van der Waals surface area contributed by atoms with E-state index >= 15 is 0 Å². The normalized spacial score (nSPS) is 15.8. The van der Waals surface area contributed by atoms with E-state index in [0.29, 0.717) is 17.4 Å². The molecule has 1 aliphatic rings. The monoisotopic (exact) mass is 240 g/mol. The first-order valence-electron chi connectivity index (χ1n) is 5.57. The first kappa shape index (κ1) is 11.4. The number of aryl methyl sites for hydroxylation is 1. The number of carbonyl (C=O) groups excluding carboxylic acids is 1. The molecule has 2 rings (SSSR count). The number of nitrogens with zero attached hydrogens (tertiary/aromatic N) is 1. The van der Waals surface area contributed by atoms with Gasteiger partial charge < -0.3 is 10.5 Å². The van der Waals surface area contributed by atoms with Crippen LogP contribution in [0.2, 0.25) is 0 Å². The highest BCUT2D eigenvalue weighted by Crippen LogP contribution is 2.30. The average Bonchev–Trinajstić information content (AvgIpc) is 2.51. The van der Waals surface area contributed by atoms with E-state index in [1.165, 1.54) is 30.6 Å². The lowest BCUT2D eigenvalue weighted by molar-refractivity contribution is 0.0999. The highest BCUT2D eigenvalue weighted by atomic mass is 32.1. The average molecular weight is 240 g/mol. The molecule has 0 radical (unpaired) electrons. The third kappa shape index (κ3) is 2.52. The lowest BCUT2D eigenvalue weighted by atomic mass is 9.83. The maximum Gasteiger partial charge on any atom is 0.264 e. The molecule has 0 atom stereocenters. The van der Waals surface area contributed by atoms with Crippen molar-refractivity contribution in [1.82, 2.24) is 4.98 Å². The van der Waals surface area contributed by atoms with Gasteiger partial charge in [0.05, 0.1) is 11.6 Å². The van der Waals surface area contributed by atoms with Gasteiger partial charge in [-0.3, -0.25) is 4.79 Å². The van der Waals surface area contributed by atoms with E-state index in [4.69, 9.17) is 10.5 Å². The summed E-state index contributed by atoms with van der Waals surface area (Å²) in [6.45, 7) is 2.48. The highest BCUT2D eigenvalue weighted by Gasteiger charge is 2.19. The Labute approximate surface area is 98.8 Å². The van der Waals surface area contributed by atoms with Crippen molar-refractivity contribution in [2.24, 2.45) is 11.7 Å². The van der Waals surface area contributed by atoms with Crippen LogP contribution in [0, 0.1) is 12.8 Å². The molecular formula is C11H16N2O2S. The van der Waals surface area contributed by atoms with E-state index < -0.39 is 5.91 Å². The van der Waals surface area contributed by atoms with Gasteiger partial charge in [-0.2, -0.15) is 0 Å². The van der Waals surface area contributed by atoms with Gasteiger partial charge in [-0.1, -0.05) is 19.3 Å². The summed E-state index contributed by atoms with van der Waals surface area (Å²) < 4.78 is 5.52. The van der Waals surface area contributed by atoms with Crippen LogP contribution >= 0.6 is 11.3 Å². The predicted molar refractivity (Wildman–Crippen MR) is 62.8 cm³/mol. The summed E-state index contributed by atoms with van der Waals surface area (Å²) in [7, 11) is 0. The second-order valence-corrected chi connectivity index (χ2v) is 5.37. The smallest absolute Gasteiger partial charge is 0.264 e. The number of ether oxygens (including phenoxy) is 1.